The third-order valence-corrected chi connectivity index (χ3v) is 4.73. The van der Waals surface area contributed by atoms with E-state index < -0.39 is 23.9 Å². The minimum absolute atomic E-state index is 0.0394. The number of rotatable bonds is 11. The first kappa shape index (κ1) is 25.1. The van der Waals surface area contributed by atoms with Crippen LogP contribution in [0, 0.1) is 0 Å². The van der Waals surface area contributed by atoms with Gasteiger partial charge in [0.25, 0.3) is 0 Å². The minimum Gasteiger partial charge on any atom is -0.466 e. The van der Waals surface area contributed by atoms with E-state index in [1.807, 2.05) is 30.3 Å². The molecule has 13 nitrogen and oxygen atoms in total. The highest BCUT2D eigenvalue weighted by molar-refractivity contribution is 5.93. The van der Waals surface area contributed by atoms with Crippen molar-refractivity contribution in [1.29, 1.82) is 0 Å². The van der Waals surface area contributed by atoms with Crippen molar-refractivity contribution in [1.82, 2.24) is 24.4 Å². The van der Waals surface area contributed by atoms with E-state index >= 15 is 0 Å². The van der Waals surface area contributed by atoms with Crippen LogP contribution in [0.4, 0.5) is 10.6 Å². The Labute approximate surface area is 200 Å². The van der Waals surface area contributed by atoms with Crippen molar-refractivity contribution in [3.05, 3.63) is 48.5 Å². The number of fused-ring (bicyclic) bond motifs is 1. The molecule has 2 aromatic heterocycles. The van der Waals surface area contributed by atoms with Gasteiger partial charge in [0.2, 0.25) is 11.8 Å². The van der Waals surface area contributed by atoms with Crippen LogP contribution in [0.25, 0.3) is 11.2 Å². The van der Waals surface area contributed by atoms with Gasteiger partial charge in [-0.25, -0.2) is 19.7 Å². The molecule has 3 aromatic rings. The summed E-state index contributed by atoms with van der Waals surface area (Å²) in [5.41, 5.74) is 6.58. The fourth-order valence-electron chi connectivity index (χ4n) is 3.13. The van der Waals surface area contributed by atoms with Gasteiger partial charge in [0.05, 0.1) is 25.9 Å². The fraction of sp³-hybridized carbons (Fsp3) is 0.318. The Morgan fingerprint density at radius 1 is 1.09 bits per heavy atom. The molecule has 0 fully saturated rings. The third-order valence-electron chi connectivity index (χ3n) is 4.73. The predicted molar refractivity (Wildman–Crippen MR) is 123 cm³/mol. The lowest BCUT2D eigenvalue weighted by Crippen LogP contribution is -2.41. The largest absolute Gasteiger partial charge is 0.466 e. The molecule has 3 amide bonds. The average molecular weight is 483 g/mol. The maximum absolute atomic E-state index is 12.8. The first-order valence-electron chi connectivity index (χ1n) is 10.7. The number of nitrogens with one attached hydrogen (secondary N) is 1. The molecule has 2 heterocycles. The summed E-state index contributed by atoms with van der Waals surface area (Å²) >= 11 is 0. The molecule has 0 aliphatic heterocycles. The number of anilines is 1. The van der Waals surface area contributed by atoms with Gasteiger partial charge in [-0.2, -0.15) is 0 Å². The zero-order valence-corrected chi connectivity index (χ0v) is 19.0. The summed E-state index contributed by atoms with van der Waals surface area (Å²) in [5.74, 6) is -1.59. The zero-order valence-electron chi connectivity index (χ0n) is 19.0. The topological polar surface area (TPSA) is 172 Å². The number of carbonyl (C=O) groups is 4. The van der Waals surface area contributed by atoms with E-state index in [1.165, 1.54) is 17.2 Å². The Kier molecular flexibility index (Phi) is 8.65. The van der Waals surface area contributed by atoms with Gasteiger partial charge in [-0.1, -0.05) is 30.3 Å². The molecule has 3 rings (SSSR count). The molecule has 3 N–H and O–H groups in total. The molecule has 35 heavy (non-hydrogen) atoms. The van der Waals surface area contributed by atoms with E-state index in [0.29, 0.717) is 0 Å². The van der Waals surface area contributed by atoms with E-state index in [0.717, 1.165) is 10.5 Å². The lowest BCUT2D eigenvalue weighted by Gasteiger charge is -2.21. The van der Waals surface area contributed by atoms with Gasteiger partial charge in [0.15, 0.2) is 17.0 Å². The third kappa shape index (κ3) is 7.22. The maximum atomic E-state index is 12.8. The number of imidazole rings is 1. The first-order chi connectivity index (χ1) is 16.9. The van der Waals surface area contributed by atoms with E-state index in [4.69, 9.17) is 15.2 Å². The van der Waals surface area contributed by atoms with Gasteiger partial charge >= 0.3 is 12.1 Å². The molecule has 0 bridgehead atoms. The van der Waals surface area contributed by atoms with Crippen LogP contribution in [0.2, 0.25) is 0 Å². The number of carbonyl (C=O) groups excluding carboxylic acids is 4. The highest BCUT2D eigenvalue weighted by Crippen LogP contribution is 2.18. The first-order valence-corrected chi connectivity index (χ1v) is 10.7. The Morgan fingerprint density at radius 2 is 1.86 bits per heavy atom. The standard InChI is InChI=1S/C22H25N7O6/c1-2-34-18(32)8-9-28(10-16(23)30)17(31)11-29-14-26-19-20(24-13-25-21(19)29)27-22(33)35-12-15-6-4-3-5-7-15/h3-7,13-14H,2,8-12H2,1H3,(H2,23,30)(H,24,25,27,33). The Morgan fingerprint density at radius 3 is 2.57 bits per heavy atom. The fourth-order valence-corrected chi connectivity index (χ4v) is 3.13. The minimum atomic E-state index is -0.730. The molecule has 13 heteroatoms. The van der Waals surface area contributed by atoms with Crippen LogP contribution in [0.3, 0.4) is 0 Å². The van der Waals surface area contributed by atoms with Gasteiger partial charge in [0, 0.05) is 6.54 Å². The van der Waals surface area contributed by atoms with Crippen molar-refractivity contribution in [3.8, 4) is 0 Å². The van der Waals surface area contributed by atoms with Crippen molar-refractivity contribution < 1.29 is 28.7 Å². The summed E-state index contributed by atoms with van der Waals surface area (Å²) in [4.78, 5) is 61.6. The summed E-state index contributed by atoms with van der Waals surface area (Å²) in [7, 11) is 0. The summed E-state index contributed by atoms with van der Waals surface area (Å²) in [6.45, 7) is 1.32. The molecular formula is C22H25N7O6. The maximum Gasteiger partial charge on any atom is 0.413 e. The molecule has 0 atom stereocenters. The van der Waals surface area contributed by atoms with E-state index in [2.05, 4.69) is 20.3 Å². The lowest BCUT2D eigenvalue weighted by molar-refractivity contribution is -0.144. The molecule has 0 saturated heterocycles. The predicted octanol–water partition coefficient (Wildman–Crippen LogP) is 0.842. The monoisotopic (exact) mass is 483 g/mol. The van der Waals surface area contributed by atoms with Crippen LogP contribution in [0.1, 0.15) is 18.9 Å². The number of benzene rings is 1. The number of nitrogens with two attached hydrogens (primary N) is 1. The molecule has 1 aromatic carbocycles. The number of amides is 3. The summed E-state index contributed by atoms with van der Waals surface area (Å²) in [6.07, 6.45) is 1.75. The molecule has 0 spiro atoms. The second-order valence-electron chi connectivity index (χ2n) is 7.29. The van der Waals surface area contributed by atoms with Gasteiger partial charge in [-0.15, -0.1) is 0 Å². The Hall–Kier alpha value is -4.55. The number of esters is 1. The van der Waals surface area contributed by atoms with Crippen molar-refractivity contribution >= 4 is 40.9 Å². The number of hydrogen-bond acceptors (Lipinski definition) is 9. The molecular weight excluding hydrogens is 458 g/mol. The zero-order chi connectivity index (χ0) is 25.2. The van der Waals surface area contributed by atoms with Gasteiger partial charge in [-0.3, -0.25) is 19.7 Å². The molecule has 0 aliphatic carbocycles. The average Bonchev–Trinajstić information content (AvgIpc) is 3.24. The van der Waals surface area contributed by atoms with Gasteiger partial charge in [0.1, 0.15) is 19.5 Å². The number of nitrogens with zero attached hydrogens (tertiary/aromatic N) is 5. The Bertz CT molecular complexity index is 1200. The normalized spacial score (nSPS) is 10.5. The highest BCUT2D eigenvalue weighted by Gasteiger charge is 2.20. The highest BCUT2D eigenvalue weighted by atomic mass is 16.5. The van der Waals surface area contributed by atoms with E-state index in [-0.39, 0.29) is 56.3 Å². The SMILES string of the molecule is CCOC(=O)CCN(CC(N)=O)C(=O)Cn1cnc2c(NC(=O)OCc3ccccc3)ncnc21. The van der Waals surface area contributed by atoms with Crippen LogP contribution in [0.15, 0.2) is 43.0 Å². The smallest absolute Gasteiger partial charge is 0.413 e. The second kappa shape index (κ2) is 12.1. The van der Waals surface area contributed by atoms with Crippen molar-refractivity contribution in [2.45, 2.75) is 26.5 Å². The van der Waals surface area contributed by atoms with E-state index in [9.17, 15) is 19.2 Å². The number of ether oxygens (including phenoxy) is 2. The van der Waals surface area contributed by atoms with E-state index in [1.54, 1.807) is 6.92 Å². The van der Waals surface area contributed by atoms with Crippen molar-refractivity contribution in [3.63, 3.8) is 0 Å². The lowest BCUT2D eigenvalue weighted by atomic mass is 10.2. The molecule has 0 saturated carbocycles. The summed E-state index contributed by atoms with van der Waals surface area (Å²) in [6, 6.07) is 9.17. The van der Waals surface area contributed by atoms with Crippen LogP contribution in [-0.4, -0.2) is 68.0 Å². The summed E-state index contributed by atoms with van der Waals surface area (Å²) < 4.78 is 11.5. The van der Waals surface area contributed by atoms with Crippen LogP contribution < -0.4 is 11.1 Å². The van der Waals surface area contributed by atoms with Crippen molar-refractivity contribution in [2.75, 3.05) is 25.0 Å². The molecule has 0 aliphatic rings. The number of primary amides is 1. The quantitative estimate of drug-likeness (QED) is 0.375. The number of hydrogen-bond donors (Lipinski definition) is 2. The van der Waals surface area contributed by atoms with Crippen LogP contribution in [-0.2, 0) is 37.0 Å². The molecule has 0 radical (unpaired) electrons. The van der Waals surface area contributed by atoms with Crippen LogP contribution in [0.5, 0.6) is 0 Å². The van der Waals surface area contributed by atoms with Gasteiger partial charge < -0.3 is 24.7 Å². The number of aromatic nitrogens is 4. The van der Waals surface area contributed by atoms with Crippen LogP contribution >= 0.6 is 0 Å². The van der Waals surface area contributed by atoms with Gasteiger partial charge in [-0.05, 0) is 12.5 Å². The summed E-state index contributed by atoms with van der Waals surface area (Å²) in [5, 5.41) is 2.52. The van der Waals surface area contributed by atoms with Crippen molar-refractivity contribution in [2.24, 2.45) is 5.73 Å². The molecule has 184 valence electrons. The molecule has 0 unspecified atom stereocenters. The Balaban J connectivity index is 1.67. The second-order valence-corrected chi connectivity index (χ2v) is 7.29.